The van der Waals surface area contributed by atoms with E-state index in [1.54, 1.807) is 23.1 Å². The normalized spacial score (nSPS) is 13.3. The van der Waals surface area contributed by atoms with Crippen molar-refractivity contribution in [2.24, 2.45) is 5.73 Å². The molecule has 0 fully saturated rings. The molecule has 1 amide bonds. The van der Waals surface area contributed by atoms with Crippen LogP contribution in [0.1, 0.15) is 25.1 Å². The number of nitrogens with one attached hydrogen (secondary N) is 1. The highest BCUT2D eigenvalue weighted by Crippen LogP contribution is 2.26. The van der Waals surface area contributed by atoms with Crippen LogP contribution in [-0.2, 0) is 10.2 Å². The maximum absolute atomic E-state index is 11.8. The predicted molar refractivity (Wildman–Crippen MR) is 81.3 cm³/mol. The van der Waals surface area contributed by atoms with Gasteiger partial charge in [0.15, 0.2) is 0 Å². The van der Waals surface area contributed by atoms with Crippen LogP contribution in [0.5, 0.6) is 0 Å². The van der Waals surface area contributed by atoms with Gasteiger partial charge in [-0.15, -0.1) is 11.3 Å². The lowest BCUT2D eigenvalue weighted by atomic mass is 9.91. The van der Waals surface area contributed by atoms with Crippen molar-refractivity contribution in [3.05, 3.63) is 22.4 Å². The van der Waals surface area contributed by atoms with Gasteiger partial charge in [-0.2, -0.15) is 11.8 Å². The quantitative estimate of drug-likeness (QED) is 0.808. The van der Waals surface area contributed by atoms with E-state index >= 15 is 0 Å². The number of thiophene rings is 1. The van der Waals surface area contributed by atoms with Crippen molar-refractivity contribution in [3.63, 3.8) is 0 Å². The molecule has 0 aliphatic heterocycles. The molecular weight excluding hydrogens is 264 g/mol. The van der Waals surface area contributed by atoms with Gasteiger partial charge in [-0.1, -0.05) is 19.9 Å². The van der Waals surface area contributed by atoms with E-state index in [-0.39, 0.29) is 11.3 Å². The van der Waals surface area contributed by atoms with Crippen molar-refractivity contribution in [3.8, 4) is 0 Å². The number of hydrogen-bond acceptors (Lipinski definition) is 4. The van der Waals surface area contributed by atoms with Crippen molar-refractivity contribution >= 4 is 29.0 Å². The second-order valence-corrected chi connectivity index (χ2v) is 6.90. The zero-order valence-corrected chi connectivity index (χ0v) is 12.9. The van der Waals surface area contributed by atoms with Crippen LogP contribution in [0.25, 0.3) is 0 Å². The predicted octanol–water partition coefficient (Wildman–Crippen LogP) is 2.22. The zero-order valence-electron chi connectivity index (χ0n) is 11.2. The number of carbonyl (C=O) groups is 1. The van der Waals surface area contributed by atoms with Crippen molar-refractivity contribution in [1.29, 1.82) is 0 Å². The lowest BCUT2D eigenvalue weighted by Gasteiger charge is -2.24. The Hall–Kier alpha value is -0.520. The third-order valence-electron chi connectivity index (χ3n) is 2.86. The number of amides is 1. The Kier molecular flexibility index (Phi) is 6.18. The third kappa shape index (κ3) is 4.63. The van der Waals surface area contributed by atoms with Gasteiger partial charge >= 0.3 is 0 Å². The molecule has 3 nitrogen and oxygen atoms in total. The molecule has 0 aromatic carbocycles. The van der Waals surface area contributed by atoms with E-state index in [2.05, 4.69) is 30.6 Å². The Balaban J connectivity index is 2.42. The summed E-state index contributed by atoms with van der Waals surface area (Å²) >= 11 is 3.43. The minimum Gasteiger partial charge on any atom is -0.354 e. The molecule has 1 rings (SSSR count). The van der Waals surface area contributed by atoms with Crippen LogP contribution in [0, 0.1) is 0 Å². The molecule has 18 heavy (non-hydrogen) atoms. The molecule has 5 heteroatoms. The van der Waals surface area contributed by atoms with Gasteiger partial charge < -0.3 is 11.1 Å². The molecule has 0 unspecified atom stereocenters. The summed E-state index contributed by atoms with van der Waals surface area (Å²) in [5.41, 5.74) is 5.79. The Bertz CT molecular complexity index is 363. The van der Waals surface area contributed by atoms with E-state index in [0.717, 1.165) is 12.2 Å². The van der Waals surface area contributed by atoms with Crippen molar-refractivity contribution < 1.29 is 4.79 Å². The molecule has 1 heterocycles. The van der Waals surface area contributed by atoms with Crippen LogP contribution in [-0.4, -0.2) is 30.5 Å². The second kappa shape index (κ2) is 7.16. The fourth-order valence-corrected chi connectivity index (χ4v) is 2.91. The lowest BCUT2D eigenvalue weighted by molar-refractivity contribution is -0.122. The van der Waals surface area contributed by atoms with Crippen LogP contribution >= 0.6 is 23.1 Å². The molecule has 0 spiro atoms. The van der Waals surface area contributed by atoms with Gasteiger partial charge in [-0.3, -0.25) is 4.79 Å². The maximum atomic E-state index is 11.8. The molecule has 3 N–H and O–H groups in total. The number of hydrogen-bond donors (Lipinski definition) is 2. The van der Waals surface area contributed by atoms with Gasteiger partial charge in [0.05, 0.1) is 6.04 Å². The molecule has 1 aromatic rings. The molecular formula is C13H22N2OS2. The number of carbonyl (C=O) groups excluding carboxylic acids is 1. The van der Waals surface area contributed by atoms with Crippen molar-refractivity contribution in [2.75, 3.05) is 18.6 Å². The summed E-state index contributed by atoms with van der Waals surface area (Å²) in [6.07, 6.45) is 2.75. The van der Waals surface area contributed by atoms with Crippen molar-refractivity contribution in [1.82, 2.24) is 5.32 Å². The van der Waals surface area contributed by atoms with Gasteiger partial charge in [0, 0.05) is 16.8 Å². The van der Waals surface area contributed by atoms with Crippen molar-refractivity contribution in [2.45, 2.75) is 31.7 Å². The first-order chi connectivity index (χ1) is 8.47. The van der Waals surface area contributed by atoms with Gasteiger partial charge in [0.2, 0.25) is 5.91 Å². The molecule has 0 aliphatic carbocycles. The molecule has 1 atom stereocenters. The zero-order chi connectivity index (χ0) is 13.6. The summed E-state index contributed by atoms with van der Waals surface area (Å²) < 4.78 is 0. The maximum Gasteiger partial charge on any atom is 0.236 e. The van der Waals surface area contributed by atoms with Gasteiger partial charge in [-0.25, -0.2) is 0 Å². The molecule has 0 radical (unpaired) electrons. The first-order valence-electron chi connectivity index (χ1n) is 6.03. The first kappa shape index (κ1) is 15.5. The summed E-state index contributed by atoms with van der Waals surface area (Å²) in [6.45, 7) is 4.89. The first-order valence-corrected chi connectivity index (χ1v) is 8.31. The van der Waals surface area contributed by atoms with Crippen LogP contribution in [0.3, 0.4) is 0 Å². The van der Waals surface area contributed by atoms with E-state index in [9.17, 15) is 4.79 Å². The molecule has 0 aliphatic rings. The Morgan fingerprint density at radius 3 is 2.89 bits per heavy atom. The summed E-state index contributed by atoms with van der Waals surface area (Å²) in [4.78, 5) is 13.1. The summed E-state index contributed by atoms with van der Waals surface area (Å²) in [5.74, 6) is 0.872. The van der Waals surface area contributed by atoms with Gasteiger partial charge in [0.25, 0.3) is 0 Å². The largest absolute Gasteiger partial charge is 0.354 e. The van der Waals surface area contributed by atoms with E-state index in [1.165, 1.54) is 4.88 Å². The van der Waals surface area contributed by atoms with E-state index in [0.29, 0.717) is 6.54 Å². The fraction of sp³-hybridized carbons (Fsp3) is 0.615. The summed E-state index contributed by atoms with van der Waals surface area (Å²) in [7, 11) is 0. The fourth-order valence-electron chi connectivity index (χ4n) is 1.57. The number of rotatable bonds is 7. The van der Waals surface area contributed by atoms with Crippen LogP contribution in [0.4, 0.5) is 0 Å². The molecule has 0 saturated heterocycles. The standard InChI is InChI=1S/C13H22N2OS2/c1-13(2,11-5-4-7-18-11)9-15-12(16)10(14)6-8-17-3/h4-5,7,10H,6,8-9,14H2,1-3H3,(H,15,16)/t10-/m1/s1. The summed E-state index contributed by atoms with van der Waals surface area (Å²) in [5, 5.41) is 5.01. The molecule has 1 aromatic heterocycles. The SMILES string of the molecule is CSCC[C@@H](N)C(=O)NCC(C)(C)c1cccs1. The molecule has 0 bridgehead atoms. The Labute approximate surface area is 118 Å². The van der Waals surface area contributed by atoms with Crippen LogP contribution in [0.15, 0.2) is 17.5 Å². The number of nitrogens with two attached hydrogens (primary N) is 1. The highest BCUT2D eigenvalue weighted by Gasteiger charge is 2.23. The van der Waals surface area contributed by atoms with Crippen LogP contribution < -0.4 is 11.1 Å². The highest BCUT2D eigenvalue weighted by atomic mass is 32.2. The van der Waals surface area contributed by atoms with Crippen LogP contribution in [0.2, 0.25) is 0 Å². The minimum absolute atomic E-state index is 0.0386. The van der Waals surface area contributed by atoms with E-state index < -0.39 is 6.04 Å². The summed E-state index contributed by atoms with van der Waals surface area (Å²) in [6, 6.07) is 3.75. The smallest absolute Gasteiger partial charge is 0.236 e. The monoisotopic (exact) mass is 286 g/mol. The topological polar surface area (TPSA) is 55.1 Å². The molecule has 102 valence electrons. The number of thioether (sulfide) groups is 1. The second-order valence-electron chi connectivity index (χ2n) is 4.97. The lowest BCUT2D eigenvalue weighted by Crippen LogP contribution is -2.45. The van der Waals surface area contributed by atoms with E-state index in [4.69, 9.17) is 5.73 Å². The Morgan fingerprint density at radius 2 is 2.33 bits per heavy atom. The average molecular weight is 286 g/mol. The molecule has 0 saturated carbocycles. The Morgan fingerprint density at radius 1 is 1.61 bits per heavy atom. The van der Waals surface area contributed by atoms with E-state index in [1.807, 2.05) is 12.3 Å². The van der Waals surface area contributed by atoms with Gasteiger partial charge in [0.1, 0.15) is 0 Å². The van der Waals surface area contributed by atoms with Gasteiger partial charge in [-0.05, 0) is 29.9 Å². The minimum atomic E-state index is -0.392. The third-order valence-corrected chi connectivity index (χ3v) is 4.74. The highest BCUT2D eigenvalue weighted by molar-refractivity contribution is 7.98. The average Bonchev–Trinajstić information content (AvgIpc) is 2.87.